The summed E-state index contributed by atoms with van der Waals surface area (Å²) < 4.78 is 4.98. The summed E-state index contributed by atoms with van der Waals surface area (Å²) in [5.74, 6) is 5.07. The third-order valence-electron chi connectivity index (χ3n) is 2.82. The molecule has 1 aromatic heterocycles. The van der Waals surface area contributed by atoms with E-state index in [1.54, 1.807) is 13.0 Å². The summed E-state index contributed by atoms with van der Waals surface area (Å²) in [4.78, 5) is 16.1. The van der Waals surface area contributed by atoms with E-state index in [9.17, 15) is 4.79 Å². The Bertz CT molecular complexity index is 643. The van der Waals surface area contributed by atoms with Crippen molar-refractivity contribution in [2.24, 2.45) is 5.84 Å². The van der Waals surface area contributed by atoms with Crippen LogP contribution in [0.4, 0.5) is 5.69 Å². The molecule has 2 rings (SSSR count). The standard InChI is InChI=1S/C13H14ClN3O2/c1-3-19-13(18)8-6-16-12-9(14)5-4-7(2)10(12)11(8)17-15/h4-6H,3,15H2,1-2H3,(H,16,17). The molecule has 0 aliphatic heterocycles. The maximum atomic E-state index is 11.9. The Morgan fingerprint density at radius 1 is 1.53 bits per heavy atom. The lowest BCUT2D eigenvalue weighted by atomic mass is 10.0. The van der Waals surface area contributed by atoms with Gasteiger partial charge in [0.25, 0.3) is 0 Å². The van der Waals surface area contributed by atoms with Gasteiger partial charge in [0.1, 0.15) is 5.56 Å². The lowest BCUT2D eigenvalue weighted by Gasteiger charge is -2.13. The van der Waals surface area contributed by atoms with E-state index >= 15 is 0 Å². The molecule has 0 unspecified atom stereocenters. The van der Waals surface area contributed by atoms with Gasteiger partial charge in [0, 0.05) is 11.6 Å². The smallest absolute Gasteiger partial charge is 0.341 e. The summed E-state index contributed by atoms with van der Waals surface area (Å²) in [5.41, 5.74) is 4.84. The number of nitrogens with two attached hydrogens (primary N) is 1. The summed E-state index contributed by atoms with van der Waals surface area (Å²) in [6, 6.07) is 3.61. The van der Waals surface area contributed by atoms with E-state index in [-0.39, 0.29) is 6.61 Å². The van der Waals surface area contributed by atoms with Gasteiger partial charge >= 0.3 is 5.97 Å². The molecule has 6 heteroatoms. The predicted molar refractivity (Wildman–Crippen MR) is 75.3 cm³/mol. The Hall–Kier alpha value is -1.85. The van der Waals surface area contributed by atoms with E-state index in [2.05, 4.69) is 10.4 Å². The predicted octanol–water partition coefficient (Wildman–Crippen LogP) is 2.66. The van der Waals surface area contributed by atoms with Crippen molar-refractivity contribution in [3.63, 3.8) is 0 Å². The van der Waals surface area contributed by atoms with Crippen molar-refractivity contribution in [3.8, 4) is 0 Å². The highest BCUT2D eigenvalue weighted by atomic mass is 35.5. The number of aryl methyl sites for hydroxylation is 1. The zero-order valence-corrected chi connectivity index (χ0v) is 11.4. The molecular formula is C13H14ClN3O2. The lowest BCUT2D eigenvalue weighted by Crippen LogP contribution is -2.15. The molecule has 0 amide bonds. The first-order valence-corrected chi connectivity index (χ1v) is 6.19. The summed E-state index contributed by atoms with van der Waals surface area (Å²) in [6.07, 6.45) is 1.42. The minimum Gasteiger partial charge on any atom is -0.462 e. The number of nitrogens with zero attached hydrogens (tertiary/aromatic N) is 1. The molecule has 3 N–H and O–H groups in total. The number of fused-ring (bicyclic) bond motifs is 1. The van der Waals surface area contributed by atoms with E-state index in [0.29, 0.717) is 21.8 Å². The van der Waals surface area contributed by atoms with E-state index in [1.807, 2.05) is 13.0 Å². The second-order valence-electron chi connectivity index (χ2n) is 4.00. The molecule has 0 bridgehead atoms. The van der Waals surface area contributed by atoms with Gasteiger partial charge in [-0.2, -0.15) is 0 Å². The Kier molecular flexibility index (Phi) is 3.87. The number of aromatic nitrogens is 1. The van der Waals surface area contributed by atoms with Gasteiger partial charge < -0.3 is 10.2 Å². The number of ether oxygens (including phenoxy) is 1. The Labute approximate surface area is 115 Å². The fourth-order valence-corrected chi connectivity index (χ4v) is 2.16. The van der Waals surface area contributed by atoms with Gasteiger partial charge in [-0.05, 0) is 25.5 Å². The molecule has 0 aliphatic carbocycles. The van der Waals surface area contributed by atoms with Crippen molar-refractivity contribution < 1.29 is 9.53 Å². The van der Waals surface area contributed by atoms with Crippen LogP contribution in [0.1, 0.15) is 22.8 Å². The maximum Gasteiger partial charge on any atom is 0.341 e. The van der Waals surface area contributed by atoms with Crippen LogP contribution < -0.4 is 11.3 Å². The number of halogens is 1. The highest BCUT2D eigenvalue weighted by Crippen LogP contribution is 2.32. The molecular weight excluding hydrogens is 266 g/mol. The van der Waals surface area contributed by atoms with Crippen LogP contribution in [0.25, 0.3) is 10.9 Å². The van der Waals surface area contributed by atoms with Crippen molar-refractivity contribution >= 4 is 34.2 Å². The molecule has 2 aromatic rings. The molecule has 0 aliphatic rings. The van der Waals surface area contributed by atoms with Crippen LogP contribution >= 0.6 is 11.6 Å². The molecule has 0 spiro atoms. The van der Waals surface area contributed by atoms with Gasteiger partial charge in [-0.25, -0.2) is 4.79 Å². The van der Waals surface area contributed by atoms with Crippen molar-refractivity contribution in [1.82, 2.24) is 4.98 Å². The number of hydrazine groups is 1. The van der Waals surface area contributed by atoms with Crippen molar-refractivity contribution in [1.29, 1.82) is 0 Å². The second kappa shape index (κ2) is 5.42. The van der Waals surface area contributed by atoms with Crippen molar-refractivity contribution in [3.05, 3.63) is 34.5 Å². The topological polar surface area (TPSA) is 77.2 Å². The first-order chi connectivity index (χ1) is 9.10. The van der Waals surface area contributed by atoms with Crippen LogP contribution in [0.2, 0.25) is 5.02 Å². The number of hydrogen-bond acceptors (Lipinski definition) is 5. The van der Waals surface area contributed by atoms with Crippen LogP contribution in [-0.4, -0.2) is 17.6 Å². The van der Waals surface area contributed by atoms with Crippen LogP contribution in [0.5, 0.6) is 0 Å². The molecule has 1 aromatic carbocycles. The number of pyridine rings is 1. The summed E-state index contributed by atoms with van der Waals surface area (Å²) in [5, 5.41) is 1.23. The largest absolute Gasteiger partial charge is 0.462 e. The fraction of sp³-hybridized carbons (Fsp3) is 0.231. The van der Waals surface area contributed by atoms with Crippen LogP contribution in [0.3, 0.4) is 0 Å². The quantitative estimate of drug-likeness (QED) is 0.513. The van der Waals surface area contributed by atoms with E-state index in [4.69, 9.17) is 22.2 Å². The van der Waals surface area contributed by atoms with Crippen LogP contribution in [0.15, 0.2) is 18.3 Å². The Morgan fingerprint density at radius 2 is 2.26 bits per heavy atom. The number of nitrogens with one attached hydrogen (secondary N) is 1. The number of hydrogen-bond donors (Lipinski definition) is 2. The third-order valence-corrected chi connectivity index (χ3v) is 3.12. The number of benzene rings is 1. The number of nitrogen functional groups attached to an aromatic ring is 1. The van der Waals surface area contributed by atoms with Gasteiger partial charge in [-0.3, -0.25) is 10.8 Å². The number of carbonyl (C=O) groups is 1. The van der Waals surface area contributed by atoms with Gasteiger partial charge in [-0.1, -0.05) is 17.7 Å². The number of carbonyl (C=O) groups excluding carboxylic acids is 1. The molecule has 0 atom stereocenters. The van der Waals surface area contributed by atoms with Gasteiger partial charge in [0.2, 0.25) is 0 Å². The summed E-state index contributed by atoms with van der Waals surface area (Å²) >= 11 is 6.10. The van der Waals surface area contributed by atoms with Crippen LogP contribution in [0, 0.1) is 6.92 Å². The van der Waals surface area contributed by atoms with Crippen LogP contribution in [-0.2, 0) is 4.74 Å². The highest BCUT2D eigenvalue weighted by molar-refractivity contribution is 6.35. The first-order valence-electron chi connectivity index (χ1n) is 5.81. The summed E-state index contributed by atoms with van der Waals surface area (Å²) in [6.45, 7) is 3.93. The first kappa shape index (κ1) is 13.6. The Morgan fingerprint density at radius 3 is 2.89 bits per heavy atom. The highest BCUT2D eigenvalue weighted by Gasteiger charge is 2.18. The molecule has 1 heterocycles. The van der Waals surface area contributed by atoms with E-state index in [0.717, 1.165) is 10.9 Å². The SMILES string of the molecule is CCOC(=O)c1cnc2c(Cl)ccc(C)c2c1NN. The Balaban J connectivity index is 2.76. The van der Waals surface area contributed by atoms with Crippen molar-refractivity contribution in [2.75, 3.05) is 12.0 Å². The molecule has 0 fully saturated rings. The average Bonchev–Trinajstić information content (AvgIpc) is 2.41. The number of rotatable bonds is 3. The molecule has 0 saturated heterocycles. The minimum atomic E-state index is -0.468. The molecule has 0 saturated carbocycles. The second-order valence-corrected chi connectivity index (χ2v) is 4.41. The molecule has 100 valence electrons. The number of esters is 1. The van der Waals surface area contributed by atoms with E-state index < -0.39 is 5.97 Å². The van der Waals surface area contributed by atoms with Gasteiger partial charge in [0.15, 0.2) is 0 Å². The van der Waals surface area contributed by atoms with E-state index in [1.165, 1.54) is 6.20 Å². The van der Waals surface area contributed by atoms with Gasteiger partial charge in [0.05, 0.1) is 22.8 Å². The summed E-state index contributed by atoms with van der Waals surface area (Å²) in [7, 11) is 0. The maximum absolute atomic E-state index is 11.9. The molecule has 5 nitrogen and oxygen atoms in total. The fourth-order valence-electron chi connectivity index (χ4n) is 1.95. The zero-order chi connectivity index (χ0) is 14.0. The molecule has 0 radical (unpaired) electrons. The third kappa shape index (κ3) is 2.34. The average molecular weight is 280 g/mol. The lowest BCUT2D eigenvalue weighted by molar-refractivity contribution is 0.0527. The minimum absolute atomic E-state index is 0.287. The van der Waals surface area contributed by atoms with Gasteiger partial charge in [-0.15, -0.1) is 0 Å². The molecule has 19 heavy (non-hydrogen) atoms. The zero-order valence-electron chi connectivity index (χ0n) is 10.7. The van der Waals surface area contributed by atoms with Crippen molar-refractivity contribution in [2.45, 2.75) is 13.8 Å². The number of anilines is 1. The monoisotopic (exact) mass is 279 g/mol. The normalized spacial score (nSPS) is 10.5.